The van der Waals surface area contributed by atoms with Crippen molar-refractivity contribution in [1.82, 2.24) is 10.2 Å². The van der Waals surface area contributed by atoms with Gasteiger partial charge in [0.2, 0.25) is 5.91 Å². The van der Waals surface area contributed by atoms with Gasteiger partial charge in [-0.1, -0.05) is 28.1 Å². The van der Waals surface area contributed by atoms with E-state index in [-0.39, 0.29) is 31.1 Å². The summed E-state index contributed by atoms with van der Waals surface area (Å²) in [6.07, 6.45) is 0. The van der Waals surface area contributed by atoms with Crippen LogP contribution in [0.25, 0.3) is 0 Å². The maximum Gasteiger partial charge on any atom is 0.234 e. The summed E-state index contributed by atoms with van der Waals surface area (Å²) < 4.78 is 1.02. The van der Waals surface area contributed by atoms with E-state index in [4.69, 9.17) is 5.11 Å². The van der Waals surface area contributed by atoms with E-state index in [0.29, 0.717) is 0 Å². The highest BCUT2D eigenvalue weighted by Gasteiger charge is 2.14. The van der Waals surface area contributed by atoms with Gasteiger partial charge in [-0.2, -0.15) is 0 Å². The van der Waals surface area contributed by atoms with Crippen LogP contribution < -0.4 is 5.32 Å². The van der Waals surface area contributed by atoms with E-state index in [1.165, 1.54) is 0 Å². The van der Waals surface area contributed by atoms with E-state index in [1.807, 2.05) is 50.1 Å². The van der Waals surface area contributed by atoms with Crippen LogP contribution in [0.3, 0.4) is 0 Å². The molecule has 1 rings (SSSR count). The Bertz CT molecular complexity index is 408. The summed E-state index contributed by atoms with van der Waals surface area (Å²) in [4.78, 5) is 13.7. The van der Waals surface area contributed by atoms with E-state index in [1.54, 1.807) is 0 Å². The van der Waals surface area contributed by atoms with Crippen LogP contribution in [0.1, 0.15) is 25.5 Å². The number of rotatable bonds is 6. The molecule has 5 heteroatoms. The lowest BCUT2D eigenvalue weighted by molar-refractivity contribution is -0.123. The zero-order valence-corrected chi connectivity index (χ0v) is 13.1. The van der Waals surface area contributed by atoms with E-state index in [0.717, 1.165) is 10.0 Å². The molecule has 106 valence electrons. The first-order valence-corrected chi connectivity index (χ1v) is 7.09. The van der Waals surface area contributed by atoms with Gasteiger partial charge in [0.1, 0.15) is 0 Å². The molecule has 2 unspecified atom stereocenters. The Kier molecular flexibility index (Phi) is 6.48. The Hall–Kier alpha value is -0.910. The number of likely N-dealkylation sites (N-methyl/N-ethyl adjacent to an activating group) is 1. The van der Waals surface area contributed by atoms with Gasteiger partial charge in [-0.15, -0.1) is 0 Å². The van der Waals surface area contributed by atoms with Crippen molar-refractivity contribution in [2.24, 2.45) is 0 Å². The Morgan fingerprint density at radius 1 is 1.37 bits per heavy atom. The third kappa shape index (κ3) is 5.30. The van der Waals surface area contributed by atoms with Crippen LogP contribution in [-0.2, 0) is 4.79 Å². The third-order valence-corrected chi connectivity index (χ3v) is 3.69. The van der Waals surface area contributed by atoms with Crippen LogP contribution in [0.4, 0.5) is 0 Å². The molecule has 0 bridgehead atoms. The number of carbonyl (C=O) groups is 1. The summed E-state index contributed by atoms with van der Waals surface area (Å²) in [6, 6.07) is 7.83. The summed E-state index contributed by atoms with van der Waals surface area (Å²) in [5.41, 5.74) is 1.06. The van der Waals surface area contributed by atoms with E-state index >= 15 is 0 Å². The fourth-order valence-electron chi connectivity index (χ4n) is 1.64. The second kappa shape index (κ2) is 7.62. The highest BCUT2D eigenvalue weighted by Crippen LogP contribution is 2.16. The smallest absolute Gasteiger partial charge is 0.234 e. The number of nitrogens with one attached hydrogen (secondary N) is 1. The minimum absolute atomic E-state index is 0.0197. The molecule has 2 N–H and O–H groups in total. The molecule has 0 spiro atoms. The normalized spacial score (nSPS) is 14.2. The average Bonchev–Trinajstić information content (AvgIpc) is 2.38. The predicted molar refractivity (Wildman–Crippen MR) is 79.9 cm³/mol. The number of hydrogen-bond acceptors (Lipinski definition) is 3. The van der Waals surface area contributed by atoms with Crippen LogP contribution in [0, 0.1) is 0 Å². The third-order valence-electron chi connectivity index (χ3n) is 3.16. The average molecular weight is 329 g/mol. The molecule has 0 aliphatic carbocycles. The Labute approximate surface area is 122 Å². The minimum Gasteiger partial charge on any atom is -0.395 e. The predicted octanol–water partition coefficient (Wildman–Crippen LogP) is 1.94. The van der Waals surface area contributed by atoms with Gasteiger partial charge < -0.3 is 10.4 Å². The maximum atomic E-state index is 11.9. The number of nitrogens with zero attached hydrogens (tertiary/aromatic N) is 1. The molecular weight excluding hydrogens is 308 g/mol. The number of carbonyl (C=O) groups excluding carboxylic acids is 1. The molecule has 0 saturated heterocycles. The first-order valence-electron chi connectivity index (χ1n) is 6.30. The van der Waals surface area contributed by atoms with Crippen LogP contribution in [-0.4, -0.2) is 42.2 Å². The lowest BCUT2D eigenvalue weighted by Gasteiger charge is -2.23. The molecular formula is C14H21BrN2O2. The van der Waals surface area contributed by atoms with E-state index in [9.17, 15) is 4.79 Å². The number of aliphatic hydroxyl groups excluding tert-OH is 1. The Balaban J connectivity index is 2.50. The number of hydrogen-bond donors (Lipinski definition) is 2. The number of aliphatic hydroxyl groups is 1. The fraction of sp³-hybridized carbons (Fsp3) is 0.500. The van der Waals surface area contributed by atoms with Crippen molar-refractivity contribution in [3.63, 3.8) is 0 Å². The van der Waals surface area contributed by atoms with Gasteiger partial charge in [0.25, 0.3) is 0 Å². The van der Waals surface area contributed by atoms with Gasteiger partial charge in [0.05, 0.1) is 19.2 Å². The topological polar surface area (TPSA) is 52.6 Å². The highest BCUT2D eigenvalue weighted by molar-refractivity contribution is 9.10. The first-order chi connectivity index (χ1) is 8.93. The molecule has 0 radical (unpaired) electrons. The maximum absolute atomic E-state index is 11.9. The van der Waals surface area contributed by atoms with Crippen molar-refractivity contribution in [2.45, 2.75) is 25.9 Å². The van der Waals surface area contributed by atoms with Crippen molar-refractivity contribution in [2.75, 3.05) is 20.2 Å². The standard InChI is InChI=1S/C14H21BrN2O2/c1-10(9-18)17(3)8-14(19)16-11(2)12-4-6-13(15)7-5-12/h4-7,10-11,18H,8-9H2,1-3H3,(H,16,19). The molecule has 0 aromatic heterocycles. The molecule has 0 heterocycles. The molecule has 0 fully saturated rings. The zero-order chi connectivity index (χ0) is 14.4. The molecule has 0 aliphatic heterocycles. The van der Waals surface area contributed by atoms with Crippen molar-refractivity contribution in [1.29, 1.82) is 0 Å². The Morgan fingerprint density at radius 2 is 1.95 bits per heavy atom. The van der Waals surface area contributed by atoms with Crippen LogP contribution in [0.2, 0.25) is 0 Å². The molecule has 0 aliphatic rings. The van der Waals surface area contributed by atoms with Gasteiger partial charge in [0, 0.05) is 10.5 Å². The lowest BCUT2D eigenvalue weighted by atomic mass is 10.1. The molecule has 0 saturated carbocycles. The molecule has 2 atom stereocenters. The largest absolute Gasteiger partial charge is 0.395 e. The second-order valence-corrected chi connectivity index (χ2v) is 5.70. The summed E-state index contributed by atoms with van der Waals surface area (Å²) >= 11 is 3.38. The number of benzene rings is 1. The molecule has 1 amide bonds. The van der Waals surface area contributed by atoms with E-state index in [2.05, 4.69) is 21.2 Å². The molecule has 1 aromatic carbocycles. The van der Waals surface area contributed by atoms with Gasteiger partial charge in [-0.25, -0.2) is 0 Å². The van der Waals surface area contributed by atoms with Crippen molar-refractivity contribution in [3.05, 3.63) is 34.3 Å². The van der Waals surface area contributed by atoms with Crippen LogP contribution in [0.5, 0.6) is 0 Å². The summed E-state index contributed by atoms with van der Waals surface area (Å²) in [5, 5.41) is 12.0. The number of halogens is 1. The quantitative estimate of drug-likeness (QED) is 0.839. The number of amides is 1. The highest BCUT2D eigenvalue weighted by atomic mass is 79.9. The van der Waals surface area contributed by atoms with Crippen molar-refractivity contribution in [3.8, 4) is 0 Å². The molecule has 19 heavy (non-hydrogen) atoms. The monoisotopic (exact) mass is 328 g/mol. The van der Waals surface area contributed by atoms with Gasteiger partial charge >= 0.3 is 0 Å². The molecule has 1 aromatic rings. The van der Waals surface area contributed by atoms with Crippen LogP contribution in [0.15, 0.2) is 28.7 Å². The zero-order valence-electron chi connectivity index (χ0n) is 11.6. The van der Waals surface area contributed by atoms with E-state index < -0.39 is 0 Å². The Morgan fingerprint density at radius 3 is 2.47 bits per heavy atom. The summed E-state index contributed by atoms with van der Waals surface area (Å²) in [5.74, 6) is -0.0433. The van der Waals surface area contributed by atoms with Crippen molar-refractivity contribution < 1.29 is 9.90 Å². The fourth-order valence-corrected chi connectivity index (χ4v) is 1.91. The second-order valence-electron chi connectivity index (χ2n) is 4.79. The van der Waals surface area contributed by atoms with Gasteiger partial charge in [-0.3, -0.25) is 9.69 Å². The summed E-state index contributed by atoms with van der Waals surface area (Å²) in [7, 11) is 1.82. The summed E-state index contributed by atoms with van der Waals surface area (Å²) in [6.45, 7) is 4.16. The van der Waals surface area contributed by atoms with Gasteiger partial charge in [0.15, 0.2) is 0 Å². The molecule has 4 nitrogen and oxygen atoms in total. The first kappa shape index (κ1) is 16.1. The van der Waals surface area contributed by atoms with Crippen molar-refractivity contribution >= 4 is 21.8 Å². The minimum atomic E-state index is -0.0433. The lowest BCUT2D eigenvalue weighted by Crippen LogP contribution is -2.41. The van der Waals surface area contributed by atoms with Crippen LogP contribution >= 0.6 is 15.9 Å². The SMILES string of the molecule is CC(NC(=O)CN(C)C(C)CO)c1ccc(Br)cc1. The van der Waals surface area contributed by atoms with Gasteiger partial charge in [-0.05, 0) is 38.6 Å².